The molecule has 2 aliphatic heterocycles. The van der Waals surface area contributed by atoms with Gasteiger partial charge in [-0.05, 0) is 25.7 Å². The van der Waals surface area contributed by atoms with Crippen molar-refractivity contribution in [2.75, 3.05) is 26.2 Å². The molecule has 0 aromatic carbocycles. The van der Waals surface area contributed by atoms with Crippen molar-refractivity contribution in [3.05, 3.63) is 0 Å². The summed E-state index contributed by atoms with van der Waals surface area (Å²) in [5, 5.41) is 24.0. The number of hydroxylamine groups is 4. The second-order valence-electron chi connectivity index (χ2n) is 4.74. The molecule has 2 rings (SSSR count). The lowest BCUT2D eigenvalue weighted by Gasteiger charge is -2.08. The zero-order valence-electron chi connectivity index (χ0n) is 13.9. The Morgan fingerprint density at radius 1 is 0.375 bits per heavy atom. The summed E-state index contributed by atoms with van der Waals surface area (Å²) in [5.74, 6) is 0. The monoisotopic (exact) mass is 360 g/mol. The zero-order valence-corrected chi connectivity index (χ0v) is 13.9. The van der Waals surface area contributed by atoms with Crippen LogP contribution >= 0.6 is 0 Å². The summed E-state index contributed by atoms with van der Waals surface area (Å²) >= 11 is 0. The number of hydrogen-bond acceptors (Lipinski definition) is 12. The number of hydrogen-bond donors (Lipinski definition) is 8. The topological polar surface area (TPSA) is 166 Å². The van der Waals surface area contributed by atoms with Crippen molar-refractivity contribution in [2.24, 2.45) is 0 Å². The Kier molecular flexibility index (Phi) is 29.4. The minimum atomic E-state index is 0.863. The van der Waals surface area contributed by atoms with Gasteiger partial charge in [-0.2, -0.15) is 21.9 Å². The van der Waals surface area contributed by atoms with Crippen LogP contribution in [0.25, 0.3) is 0 Å². The highest BCUT2D eigenvalue weighted by Crippen LogP contribution is 1.99. The molecule has 0 aromatic rings. The van der Waals surface area contributed by atoms with Crippen LogP contribution in [-0.4, -0.2) is 47.2 Å². The van der Waals surface area contributed by atoms with E-state index in [1.54, 1.807) is 0 Å². The third-order valence-corrected chi connectivity index (χ3v) is 2.93. The molecule has 0 aromatic heterocycles. The molecular formula is C12H32N4O8. The first-order chi connectivity index (χ1) is 12.0. The molecule has 0 amide bonds. The second kappa shape index (κ2) is 27.4. The van der Waals surface area contributed by atoms with Crippen LogP contribution in [0.2, 0.25) is 0 Å². The molecule has 148 valence electrons. The lowest BCUT2D eigenvalue weighted by atomic mass is 10.2. The highest BCUT2D eigenvalue weighted by atomic mass is 17.3. The van der Waals surface area contributed by atoms with Crippen molar-refractivity contribution < 1.29 is 41.0 Å². The summed E-state index contributed by atoms with van der Waals surface area (Å²) in [6.07, 6.45) is 9.67. The maximum Gasteiger partial charge on any atom is 0.0240 e. The van der Waals surface area contributed by atoms with Gasteiger partial charge in [0.25, 0.3) is 0 Å². The van der Waals surface area contributed by atoms with Gasteiger partial charge in [-0.15, -0.1) is 20.0 Å². The van der Waals surface area contributed by atoms with Crippen LogP contribution in [0.1, 0.15) is 51.4 Å². The molecule has 2 aliphatic rings. The molecule has 2 fully saturated rings. The molecule has 12 nitrogen and oxygen atoms in total. The van der Waals surface area contributed by atoms with Gasteiger partial charge in [-0.1, -0.05) is 25.7 Å². The molecule has 2 heterocycles. The highest BCUT2D eigenvalue weighted by Gasteiger charge is 1.95. The molecule has 8 N–H and O–H groups in total. The molecule has 0 aliphatic carbocycles. The van der Waals surface area contributed by atoms with Gasteiger partial charge in [0.05, 0.1) is 0 Å². The lowest BCUT2D eigenvalue weighted by molar-refractivity contribution is -0.374. The van der Waals surface area contributed by atoms with Gasteiger partial charge in [-0.25, -0.2) is 0 Å². The minimum Gasteiger partial charge on any atom is -0.255 e. The largest absolute Gasteiger partial charge is 0.255 e. The Labute approximate surface area is 141 Å². The van der Waals surface area contributed by atoms with Gasteiger partial charge >= 0.3 is 0 Å². The van der Waals surface area contributed by atoms with E-state index in [2.05, 4.69) is 41.9 Å². The van der Waals surface area contributed by atoms with Gasteiger partial charge < -0.3 is 0 Å². The van der Waals surface area contributed by atoms with Gasteiger partial charge in [0.1, 0.15) is 0 Å². The van der Waals surface area contributed by atoms with E-state index >= 15 is 0 Å². The maximum atomic E-state index is 6.00. The standard InChI is InChI=1S/2C6H14N2O2.2H2O2/c2*1-2-4-6-8-10-9-7-5-3-1;2*1-2/h2*7-8H,1-6H2;2*1-2H. The molecule has 0 saturated carbocycles. The molecule has 12 heteroatoms. The number of rotatable bonds is 0. The van der Waals surface area contributed by atoms with E-state index in [4.69, 9.17) is 21.0 Å². The molecule has 24 heavy (non-hydrogen) atoms. The predicted octanol–water partition coefficient (Wildman–Crippen LogP) is 1.07. The first-order valence-corrected chi connectivity index (χ1v) is 7.96. The zero-order chi connectivity index (χ0) is 18.1. The number of nitrogens with one attached hydrogen (secondary N) is 4. The Balaban J connectivity index is 0. The average Bonchev–Trinajstić information content (AvgIpc) is 2.68. The Morgan fingerprint density at radius 3 is 0.792 bits per heavy atom. The lowest BCUT2D eigenvalue weighted by Crippen LogP contribution is -2.25. The fourth-order valence-electron chi connectivity index (χ4n) is 1.78. The Hall–Kier alpha value is -0.480. The van der Waals surface area contributed by atoms with Crippen molar-refractivity contribution in [1.29, 1.82) is 0 Å². The minimum absolute atomic E-state index is 0.863. The smallest absolute Gasteiger partial charge is 0.0240 e. The van der Waals surface area contributed by atoms with Crippen LogP contribution in [0, 0.1) is 0 Å². The first-order valence-electron chi connectivity index (χ1n) is 7.96. The van der Waals surface area contributed by atoms with E-state index < -0.39 is 0 Å². The summed E-state index contributed by atoms with van der Waals surface area (Å²) in [6.45, 7) is 3.45. The molecule has 2 saturated heterocycles. The summed E-state index contributed by atoms with van der Waals surface area (Å²) in [5.41, 5.74) is 10.7. The molecular weight excluding hydrogens is 328 g/mol. The normalized spacial score (nSPS) is 20.5. The second-order valence-corrected chi connectivity index (χ2v) is 4.74. The van der Waals surface area contributed by atoms with Crippen LogP contribution in [0.4, 0.5) is 0 Å². The molecule has 0 spiro atoms. The van der Waals surface area contributed by atoms with Crippen LogP contribution in [0.15, 0.2) is 0 Å². The fraction of sp³-hybridized carbons (Fsp3) is 1.00. The van der Waals surface area contributed by atoms with Crippen LogP contribution in [0.3, 0.4) is 0 Å². The van der Waals surface area contributed by atoms with Crippen molar-refractivity contribution >= 4 is 0 Å². The highest BCUT2D eigenvalue weighted by molar-refractivity contribution is 4.45. The fourth-order valence-corrected chi connectivity index (χ4v) is 1.78. The van der Waals surface area contributed by atoms with E-state index in [9.17, 15) is 0 Å². The molecule has 0 radical (unpaired) electrons. The summed E-state index contributed by atoms with van der Waals surface area (Å²) in [4.78, 5) is 18.2. The van der Waals surface area contributed by atoms with E-state index in [0.29, 0.717) is 0 Å². The van der Waals surface area contributed by atoms with Crippen molar-refractivity contribution in [3.8, 4) is 0 Å². The van der Waals surface area contributed by atoms with Gasteiger partial charge in [0.2, 0.25) is 0 Å². The average molecular weight is 360 g/mol. The first kappa shape index (κ1) is 25.8. The third-order valence-electron chi connectivity index (χ3n) is 2.93. The van der Waals surface area contributed by atoms with Crippen LogP contribution < -0.4 is 21.9 Å². The van der Waals surface area contributed by atoms with Crippen molar-refractivity contribution in [2.45, 2.75) is 51.4 Å². The Morgan fingerprint density at radius 2 is 0.583 bits per heavy atom. The van der Waals surface area contributed by atoms with Crippen LogP contribution in [0.5, 0.6) is 0 Å². The molecule has 0 atom stereocenters. The quantitative estimate of drug-likeness (QED) is 0.229. The van der Waals surface area contributed by atoms with Crippen LogP contribution in [-0.2, 0) is 20.0 Å². The Bertz CT molecular complexity index is 121. The third kappa shape index (κ3) is 23.8. The van der Waals surface area contributed by atoms with Gasteiger partial charge in [0, 0.05) is 26.2 Å². The van der Waals surface area contributed by atoms with E-state index in [1.807, 2.05) is 0 Å². The molecule has 0 bridgehead atoms. The van der Waals surface area contributed by atoms with E-state index in [0.717, 1.165) is 51.9 Å². The van der Waals surface area contributed by atoms with Crippen molar-refractivity contribution in [3.63, 3.8) is 0 Å². The maximum absolute atomic E-state index is 6.00. The SMILES string of the molecule is C1CCCNOONCC1.C1CCCNOONCC1.OO.OO. The van der Waals surface area contributed by atoms with Gasteiger partial charge in [0.15, 0.2) is 0 Å². The van der Waals surface area contributed by atoms with E-state index in [1.165, 1.54) is 25.7 Å². The summed E-state index contributed by atoms with van der Waals surface area (Å²) in [7, 11) is 0. The summed E-state index contributed by atoms with van der Waals surface area (Å²) < 4.78 is 0. The predicted molar refractivity (Wildman–Crippen MR) is 83.8 cm³/mol. The molecule has 0 unspecified atom stereocenters. The summed E-state index contributed by atoms with van der Waals surface area (Å²) in [6, 6.07) is 0. The van der Waals surface area contributed by atoms with Gasteiger partial charge in [-0.3, -0.25) is 21.0 Å². The van der Waals surface area contributed by atoms with Crippen molar-refractivity contribution in [1.82, 2.24) is 21.9 Å². The van der Waals surface area contributed by atoms with E-state index in [-0.39, 0.29) is 0 Å².